The van der Waals surface area contributed by atoms with Crippen molar-refractivity contribution in [2.24, 2.45) is 0 Å². The van der Waals surface area contributed by atoms with E-state index in [1.165, 1.54) is 17.0 Å². The monoisotopic (exact) mass is 416 g/mol. The fourth-order valence-electron chi connectivity index (χ4n) is 2.83. The van der Waals surface area contributed by atoms with E-state index in [1.807, 2.05) is 19.1 Å². The Morgan fingerprint density at radius 2 is 1.83 bits per heavy atom. The standard InChI is InChI=1S/C23H29FN2O4/c1-4-5-14-25-23(28)17(2)26(15-18-10-12-19(29-3)13-11-18)22(27)16-30-21-9-7-6-8-20(21)24/h6-13,17H,4-5,14-16H2,1-3H3,(H,25,28). The number of rotatable bonds is 11. The zero-order chi connectivity index (χ0) is 21.9. The number of hydrogen-bond acceptors (Lipinski definition) is 4. The second-order valence-electron chi connectivity index (χ2n) is 6.91. The third-order valence-electron chi connectivity index (χ3n) is 4.70. The lowest BCUT2D eigenvalue weighted by atomic mass is 10.1. The first-order chi connectivity index (χ1) is 14.5. The maximum atomic E-state index is 13.8. The van der Waals surface area contributed by atoms with Gasteiger partial charge >= 0.3 is 0 Å². The van der Waals surface area contributed by atoms with Gasteiger partial charge in [-0.2, -0.15) is 0 Å². The molecule has 2 aromatic rings. The van der Waals surface area contributed by atoms with Crippen LogP contribution in [0.1, 0.15) is 32.3 Å². The van der Waals surface area contributed by atoms with Gasteiger partial charge in [-0.25, -0.2) is 4.39 Å². The first-order valence-electron chi connectivity index (χ1n) is 10.0. The summed E-state index contributed by atoms with van der Waals surface area (Å²) in [5, 5.41) is 2.85. The van der Waals surface area contributed by atoms with Gasteiger partial charge in [-0.05, 0) is 43.2 Å². The van der Waals surface area contributed by atoms with E-state index in [9.17, 15) is 14.0 Å². The third-order valence-corrected chi connectivity index (χ3v) is 4.70. The summed E-state index contributed by atoms with van der Waals surface area (Å²) in [6, 6.07) is 12.4. The molecule has 0 radical (unpaired) electrons. The van der Waals surface area contributed by atoms with Crippen LogP contribution in [-0.4, -0.2) is 43.0 Å². The summed E-state index contributed by atoms with van der Waals surface area (Å²) in [5.41, 5.74) is 0.836. The SMILES string of the molecule is CCCCNC(=O)C(C)N(Cc1ccc(OC)cc1)C(=O)COc1ccccc1F. The van der Waals surface area contributed by atoms with Crippen molar-refractivity contribution in [2.45, 2.75) is 39.3 Å². The molecule has 0 fully saturated rings. The van der Waals surface area contributed by atoms with E-state index in [0.717, 1.165) is 18.4 Å². The Kier molecular flexibility index (Phi) is 9.12. The van der Waals surface area contributed by atoms with Gasteiger partial charge in [-0.1, -0.05) is 37.6 Å². The molecular weight excluding hydrogens is 387 g/mol. The molecule has 0 aromatic heterocycles. The summed E-state index contributed by atoms with van der Waals surface area (Å²) < 4.78 is 24.3. The van der Waals surface area contributed by atoms with Crippen LogP contribution in [0.4, 0.5) is 4.39 Å². The number of amides is 2. The number of halogens is 1. The molecule has 30 heavy (non-hydrogen) atoms. The van der Waals surface area contributed by atoms with E-state index < -0.39 is 17.8 Å². The molecule has 0 bridgehead atoms. The molecule has 1 atom stereocenters. The molecule has 6 nitrogen and oxygen atoms in total. The number of carbonyl (C=O) groups is 2. The van der Waals surface area contributed by atoms with E-state index in [4.69, 9.17) is 9.47 Å². The van der Waals surface area contributed by atoms with Crippen LogP contribution in [0.5, 0.6) is 11.5 Å². The molecule has 0 aliphatic heterocycles. The quantitative estimate of drug-likeness (QED) is 0.569. The van der Waals surface area contributed by atoms with E-state index in [0.29, 0.717) is 12.3 Å². The van der Waals surface area contributed by atoms with Gasteiger partial charge in [0.05, 0.1) is 7.11 Å². The molecule has 0 saturated carbocycles. The zero-order valence-electron chi connectivity index (χ0n) is 17.7. The van der Waals surface area contributed by atoms with Gasteiger partial charge in [-0.15, -0.1) is 0 Å². The third kappa shape index (κ3) is 6.76. The van der Waals surface area contributed by atoms with Crippen molar-refractivity contribution in [2.75, 3.05) is 20.3 Å². The minimum atomic E-state index is -0.708. The molecule has 1 N–H and O–H groups in total. The van der Waals surface area contributed by atoms with Crippen molar-refractivity contribution < 1.29 is 23.5 Å². The van der Waals surface area contributed by atoms with Crippen LogP contribution in [0, 0.1) is 5.82 Å². The largest absolute Gasteiger partial charge is 0.497 e. The van der Waals surface area contributed by atoms with Crippen molar-refractivity contribution >= 4 is 11.8 Å². The van der Waals surface area contributed by atoms with Gasteiger partial charge in [0.15, 0.2) is 18.2 Å². The van der Waals surface area contributed by atoms with Gasteiger partial charge in [0.25, 0.3) is 5.91 Å². The van der Waals surface area contributed by atoms with Crippen LogP contribution < -0.4 is 14.8 Å². The second-order valence-corrected chi connectivity index (χ2v) is 6.91. The maximum Gasteiger partial charge on any atom is 0.261 e. The Hall–Kier alpha value is -3.09. The van der Waals surface area contributed by atoms with E-state index in [2.05, 4.69) is 5.32 Å². The number of methoxy groups -OCH3 is 1. The fourth-order valence-corrected chi connectivity index (χ4v) is 2.83. The lowest BCUT2D eigenvalue weighted by Gasteiger charge is -2.28. The molecule has 7 heteroatoms. The average Bonchev–Trinajstić information content (AvgIpc) is 2.76. The molecule has 0 aliphatic carbocycles. The lowest BCUT2D eigenvalue weighted by molar-refractivity contribution is -0.142. The molecular formula is C23H29FN2O4. The van der Waals surface area contributed by atoms with E-state index >= 15 is 0 Å². The van der Waals surface area contributed by atoms with E-state index in [1.54, 1.807) is 38.3 Å². The fraction of sp³-hybridized carbons (Fsp3) is 0.391. The van der Waals surface area contributed by atoms with Gasteiger partial charge in [-0.3, -0.25) is 9.59 Å². The Balaban J connectivity index is 2.12. The zero-order valence-corrected chi connectivity index (χ0v) is 17.7. The van der Waals surface area contributed by atoms with Crippen molar-refractivity contribution in [3.05, 3.63) is 59.9 Å². The maximum absolute atomic E-state index is 13.8. The predicted molar refractivity (Wildman–Crippen MR) is 113 cm³/mol. The normalized spacial score (nSPS) is 11.5. The highest BCUT2D eigenvalue weighted by Gasteiger charge is 2.26. The summed E-state index contributed by atoms with van der Waals surface area (Å²) in [7, 11) is 1.58. The molecule has 2 rings (SSSR count). The van der Waals surface area contributed by atoms with Crippen LogP contribution in [0.25, 0.3) is 0 Å². The van der Waals surface area contributed by atoms with Gasteiger partial charge in [0, 0.05) is 13.1 Å². The number of nitrogens with zero attached hydrogens (tertiary/aromatic N) is 1. The highest BCUT2D eigenvalue weighted by Crippen LogP contribution is 2.17. The first kappa shape index (κ1) is 23.2. The van der Waals surface area contributed by atoms with Gasteiger partial charge in [0.2, 0.25) is 5.91 Å². The number of hydrogen-bond donors (Lipinski definition) is 1. The Labute approximate surface area is 177 Å². The van der Waals surface area contributed by atoms with Crippen LogP contribution in [0.15, 0.2) is 48.5 Å². The Morgan fingerprint density at radius 1 is 1.13 bits per heavy atom. The highest BCUT2D eigenvalue weighted by molar-refractivity contribution is 5.87. The second kappa shape index (κ2) is 11.8. The molecule has 0 heterocycles. The molecule has 0 aliphatic rings. The summed E-state index contributed by atoms with van der Waals surface area (Å²) in [4.78, 5) is 26.9. The Bertz CT molecular complexity index is 826. The number of ether oxygens (including phenoxy) is 2. The number of para-hydroxylation sites is 1. The minimum Gasteiger partial charge on any atom is -0.497 e. The van der Waals surface area contributed by atoms with Gasteiger partial charge in [0.1, 0.15) is 11.8 Å². The van der Waals surface area contributed by atoms with Crippen LogP contribution in [0.2, 0.25) is 0 Å². The average molecular weight is 416 g/mol. The van der Waals surface area contributed by atoms with Gasteiger partial charge < -0.3 is 19.7 Å². The molecule has 2 amide bonds. The summed E-state index contributed by atoms with van der Waals surface area (Å²) in [6.45, 7) is 4.10. The number of carbonyl (C=O) groups excluding carboxylic acids is 2. The van der Waals surface area contributed by atoms with Crippen LogP contribution >= 0.6 is 0 Å². The van der Waals surface area contributed by atoms with Crippen molar-refractivity contribution in [3.63, 3.8) is 0 Å². The number of unbranched alkanes of at least 4 members (excludes halogenated alkanes) is 1. The Morgan fingerprint density at radius 3 is 2.47 bits per heavy atom. The lowest BCUT2D eigenvalue weighted by Crippen LogP contribution is -2.49. The minimum absolute atomic E-state index is 0.00435. The van der Waals surface area contributed by atoms with Crippen molar-refractivity contribution in [1.29, 1.82) is 0 Å². The van der Waals surface area contributed by atoms with Crippen LogP contribution in [-0.2, 0) is 16.1 Å². The smallest absolute Gasteiger partial charge is 0.261 e. The van der Waals surface area contributed by atoms with E-state index in [-0.39, 0.29) is 24.8 Å². The molecule has 162 valence electrons. The van der Waals surface area contributed by atoms with Crippen LogP contribution in [0.3, 0.4) is 0 Å². The molecule has 1 unspecified atom stereocenters. The number of benzene rings is 2. The summed E-state index contributed by atoms with van der Waals surface area (Å²) >= 11 is 0. The first-order valence-corrected chi connectivity index (χ1v) is 10.0. The molecule has 0 saturated heterocycles. The summed E-state index contributed by atoms with van der Waals surface area (Å²) in [5.74, 6) is -0.499. The molecule has 2 aromatic carbocycles. The molecule has 0 spiro atoms. The summed E-state index contributed by atoms with van der Waals surface area (Å²) in [6.07, 6.45) is 1.82. The highest BCUT2D eigenvalue weighted by atomic mass is 19.1. The predicted octanol–water partition coefficient (Wildman–Crippen LogP) is 3.55. The van der Waals surface area contributed by atoms with Crippen molar-refractivity contribution in [1.82, 2.24) is 10.2 Å². The topological polar surface area (TPSA) is 67.9 Å². The van der Waals surface area contributed by atoms with Crippen molar-refractivity contribution in [3.8, 4) is 11.5 Å². The number of nitrogens with one attached hydrogen (secondary N) is 1.